The van der Waals surface area contributed by atoms with Crippen LogP contribution < -0.4 is 11.2 Å². The Hall–Kier alpha value is -3.06. The summed E-state index contributed by atoms with van der Waals surface area (Å²) in [7, 11) is 1.60. The van der Waals surface area contributed by atoms with Crippen molar-refractivity contribution in [1.29, 1.82) is 0 Å². The van der Waals surface area contributed by atoms with Crippen molar-refractivity contribution in [1.82, 2.24) is 15.6 Å². The number of rotatable bonds is 3. The van der Waals surface area contributed by atoms with E-state index in [1.807, 2.05) is 44.3 Å². The highest BCUT2D eigenvalue weighted by Crippen LogP contribution is 2.38. The van der Waals surface area contributed by atoms with Gasteiger partial charge in [0.15, 0.2) is 5.84 Å². The summed E-state index contributed by atoms with van der Waals surface area (Å²) in [5, 5.41) is 13.4. The number of aliphatic imine (C=N–C) groups is 1. The number of hydrogen-bond donors (Lipinski definition) is 4. The average molecular weight is 325 g/mol. The first kappa shape index (κ1) is 15.8. The number of aryl methyl sites for hydroxylation is 2. The maximum atomic E-state index is 9.40. The van der Waals surface area contributed by atoms with Crippen molar-refractivity contribution in [3.63, 3.8) is 0 Å². The number of anilines is 1. The molecule has 1 aromatic carbocycles. The number of aromatic nitrogens is 2. The monoisotopic (exact) mass is 325 g/mol. The second kappa shape index (κ2) is 6.21. The summed E-state index contributed by atoms with van der Waals surface area (Å²) in [5.74, 6) is 1.02. The molecule has 0 radical (unpaired) electrons. The van der Waals surface area contributed by atoms with Gasteiger partial charge in [0.1, 0.15) is 5.76 Å². The Labute approximate surface area is 139 Å². The first-order valence-corrected chi connectivity index (χ1v) is 7.44. The van der Waals surface area contributed by atoms with Crippen molar-refractivity contribution in [2.24, 2.45) is 4.99 Å². The van der Waals surface area contributed by atoms with E-state index in [0.717, 1.165) is 27.9 Å². The molecule has 0 spiro atoms. The molecule has 0 unspecified atom stereocenters. The maximum Gasteiger partial charge on any atom is 0.169 e. The molecule has 7 nitrogen and oxygen atoms in total. The van der Waals surface area contributed by atoms with Crippen LogP contribution in [0.25, 0.3) is 22.3 Å². The highest BCUT2D eigenvalue weighted by Gasteiger charge is 2.23. The molecule has 0 bridgehead atoms. The molecule has 7 heteroatoms. The lowest BCUT2D eigenvalue weighted by Crippen LogP contribution is -2.21. The van der Waals surface area contributed by atoms with Gasteiger partial charge in [-0.25, -0.2) is 0 Å². The van der Waals surface area contributed by atoms with E-state index >= 15 is 0 Å². The van der Waals surface area contributed by atoms with Crippen molar-refractivity contribution >= 4 is 11.5 Å². The largest absolute Gasteiger partial charge is 0.399 e. The zero-order chi connectivity index (χ0) is 17.3. The fraction of sp³-hybridized carbons (Fsp3) is 0.176. The molecule has 3 aromatic rings. The highest BCUT2D eigenvalue weighted by molar-refractivity contribution is 6.06. The van der Waals surface area contributed by atoms with Gasteiger partial charge < -0.3 is 15.2 Å². The summed E-state index contributed by atoms with van der Waals surface area (Å²) in [4.78, 5) is 7.26. The van der Waals surface area contributed by atoms with E-state index in [1.54, 1.807) is 7.05 Å². The molecule has 0 amide bonds. The molecule has 3 rings (SSSR count). The number of amidine groups is 1. The Morgan fingerprint density at radius 2 is 1.96 bits per heavy atom. The number of nitrogen functional groups attached to an aromatic ring is 1. The predicted octanol–water partition coefficient (Wildman–Crippen LogP) is 2.89. The van der Waals surface area contributed by atoms with E-state index in [2.05, 4.69) is 20.6 Å². The molecule has 5 N–H and O–H groups in total. The van der Waals surface area contributed by atoms with Gasteiger partial charge in [-0.15, -0.1) is 0 Å². The first-order chi connectivity index (χ1) is 11.6. The molecule has 0 fully saturated rings. The lowest BCUT2D eigenvalue weighted by molar-refractivity contribution is 0.234. The number of H-pyrrole nitrogens is 1. The van der Waals surface area contributed by atoms with Gasteiger partial charge in [-0.3, -0.25) is 15.7 Å². The topological polar surface area (TPSA) is 112 Å². The van der Waals surface area contributed by atoms with Crippen LogP contribution in [0, 0.1) is 13.8 Å². The number of benzene rings is 1. The van der Waals surface area contributed by atoms with Gasteiger partial charge in [0.05, 0.1) is 17.0 Å². The fourth-order valence-electron chi connectivity index (χ4n) is 2.82. The molecule has 0 saturated carbocycles. The minimum Gasteiger partial charge on any atom is -0.399 e. The molecule has 2 heterocycles. The summed E-state index contributed by atoms with van der Waals surface area (Å²) in [6.07, 6.45) is 1.87. The van der Waals surface area contributed by atoms with Crippen LogP contribution >= 0.6 is 0 Å². The van der Waals surface area contributed by atoms with Crippen LogP contribution in [-0.4, -0.2) is 28.2 Å². The lowest BCUT2D eigenvalue weighted by atomic mass is 9.95. The number of nitrogens with one attached hydrogen (secondary N) is 2. The van der Waals surface area contributed by atoms with Crippen LogP contribution in [0.5, 0.6) is 0 Å². The van der Waals surface area contributed by atoms with Crippen LogP contribution in [0.4, 0.5) is 5.69 Å². The standard InChI is InChI=1S/C17H19N5O2/c1-9-14(10(2)24-22-9)15-13(11-4-6-12(18)7-5-11)8-20-16(15)17(19-3)21-23/h4-8,20,23H,18H2,1-3H3,(H,19,21). The van der Waals surface area contributed by atoms with Gasteiger partial charge in [0.2, 0.25) is 0 Å². The third kappa shape index (κ3) is 2.55. The summed E-state index contributed by atoms with van der Waals surface area (Å²) in [6, 6.07) is 7.58. The van der Waals surface area contributed by atoms with Gasteiger partial charge in [-0.2, -0.15) is 0 Å². The van der Waals surface area contributed by atoms with E-state index in [1.165, 1.54) is 0 Å². The summed E-state index contributed by atoms with van der Waals surface area (Å²) in [6.45, 7) is 3.73. The molecule has 0 aliphatic heterocycles. The van der Waals surface area contributed by atoms with Crippen molar-refractivity contribution < 1.29 is 9.73 Å². The van der Waals surface area contributed by atoms with E-state index in [-0.39, 0.29) is 0 Å². The summed E-state index contributed by atoms with van der Waals surface area (Å²) >= 11 is 0. The minimum atomic E-state index is 0.326. The molecule has 0 aliphatic carbocycles. The molecule has 0 saturated heterocycles. The first-order valence-electron chi connectivity index (χ1n) is 7.44. The van der Waals surface area contributed by atoms with Gasteiger partial charge in [-0.05, 0) is 31.5 Å². The van der Waals surface area contributed by atoms with Gasteiger partial charge >= 0.3 is 0 Å². The van der Waals surface area contributed by atoms with Crippen molar-refractivity contribution in [2.45, 2.75) is 13.8 Å². The smallest absolute Gasteiger partial charge is 0.169 e. The molecule has 124 valence electrons. The molecule has 0 atom stereocenters. The number of hydrogen-bond acceptors (Lipinski definition) is 5. The van der Waals surface area contributed by atoms with Gasteiger partial charge in [0.25, 0.3) is 0 Å². The van der Waals surface area contributed by atoms with Crippen LogP contribution in [0.3, 0.4) is 0 Å². The molecule has 0 aliphatic rings. The zero-order valence-corrected chi connectivity index (χ0v) is 13.7. The quantitative estimate of drug-likeness (QED) is 0.256. The van der Waals surface area contributed by atoms with Crippen molar-refractivity contribution in [3.05, 3.63) is 47.6 Å². The molecule has 2 aromatic heterocycles. The van der Waals surface area contributed by atoms with Crippen molar-refractivity contribution in [3.8, 4) is 22.3 Å². The average Bonchev–Trinajstić information content (AvgIpc) is 3.13. The van der Waals surface area contributed by atoms with E-state index < -0.39 is 0 Å². The number of nitrogens with two attached hydrogens (primary N) is 1. The molecule has 24 heavy (non-hydrogen) atoms. The number of aromatic amines is 1. The number of nitrogens with zero attached hydrogens (tertiary/aromatic N) is 2. The highest BCUT2D eigenvalue weighted by atomic mass is 16.5. The Morgan fingerprint density at radius 1 is 1.25 bits per heavy atom. The van der Waals surface area contributed by atoms with Crippen LogP contribution in [0.2, 0.25) is 0 Å². The second-order valence-corrected chi connectivity index (χ2v) is 5.46. The number of hydroxylamine groups is 1. The summed E-state index contributed by atoms with van der Waals surface area (Å²) in [5.41, 5.74) is 13.7. The SMILES string of the molecule is CN=C(NO)c1[nH]cc(-c2ccc(N)cc2)c1-c1c(C)noc1C. The van der Waals surface area contributed by atoms with E-state index in [4.69, 9.17) is 10.3 Å². The molecular formula is C17H19N5O2. The van der Waals surface area contributed by atoms with Gasteiger partial charge in [-0.1, -0.05) is 17.3 Å². The van der Waals surface area contributed by atoms with Crippen LogP contribution in [0.1, 0.15) is 17.1 Å². The normalized spacial score (nSPS) is 11.8. The van der Waals surface area contributed by atoms with E-state index in [0.29, 0.717) is 23.0 Å². The van der Waals surface area contributed by atoms with Crippen molar-refractivity contribution in [2.75, 3.05) is 12.8 Å². The third-order valence-corrected chi connectivity index (χ3v) is 3.95. The Morgan fingerprint density at radius 3 is 2.50 bits per heavy atom. The summed E-state index contributed by atoms with van der Waals surface area (Å²) < 4.78 is 5.32. The predicted molar refractivity (Wildman–Crippen MR) is 93.0 cm³/mol. The molecular weight excluding hydrogens is 306 g/mol. The van der Waals surface area contributed by atoms with Crippen LogP contribution in [-0.2, 0) is 0 Å². The Balaban J connectivity index is 2.30. The fourth-order valence-corrected chi connectivity index (χ4v) is 2.82. The van der Waals surface area contributed by atoms with Gasteiger partial charge in [0, 0.05) is 30.1 Å². The Bertz CT molecular complexity index is 871. The maximum absolute atomic E-state index is 9.40. The van der Waals surface area contributed by atoms with E-state index in [9.17, 15) is 5.21 Å². The third-order valence-electron chi connectivity index (χ3n) is 3.95. The minimum absolute atomic E-state index is 0.326. The zero-order valence-electron chi connectivity index (χ0n) is 13.7. The second-order valence-electron chi connectivity index (χ2n) is 5.46. The lowest BCUT2D eigenvalue weighted by Gasteiger charge is -2.09. The van der Waals surface area contributed by atoms with Crippen LogP contribution in [0.15, 0.2) is 40.0 Å². The Kier molecular flexibility index (Phi) is 4.09.